The lowest BCUT2D eigenvalue weighted by Gasteiger charge is -2.61. The zero-order chi connectivity index (χ0) is 17.3. The molecule has 4 rings (SSSR count). The fourth-order valence-electron chi connectivity index (χ4n) is 7.67. The number of ketones is 2. The van der Waals surface area contributed by atoms with E-state index in [1.807, 2.05) is 0 Å². The van der Waals surface area contributed by atoms with Crippen LogP contribution in [-0.2, 0) is 9.59 Å². The molecule has 8 atom stereocenters. The number of fused-ring (bicyclic) bond motifs is 5. The number of aliphatic hydroxyl groups is 1. The Balaban J connectivity index is 1.67. The van der Waals surface area contributed by atoms with Crippen LogP contribution in [0.25, 0.3) is 0 Å². The molecule has 0 radical (unpaired) electrons. The van der Waals surface area contributed by atoms with Crippen molar-refractivity contribution in [2.24, 2.45) is 40.4 Å². The van der Waals surface area contributed by atoms with E-state index in [-0.39, 0.29) is 28.6 Å². The van der Waals surface area contributed by atoms with Crippen molar-refractivity contribution < 1.29 is 14.7 Å². The molecule has 0 aromatic carbocycles. The zero-order valence-electron chi connectivity index (χ0n) is 15.4. The van der Waals surface area contributed by atoms with E-state index in [1.54, 1.807) is 6.92 Å². The van der Waals surface area contributed by atoms with Crippen molar-refractivity contribution in [1.29, 1.82) is 0 Å². The summed E-state index contributed by atoms with van der Waals surface area (Å²) in [5, 5.41) is 11.1. The van der Waals surface area contributed by atoms with Crippen molar-refractivity contribution in [3.05, 3.63) is 0 Å². The minimum atomic E-state index is -0.367. The maximum atomic E-state index is 12.2. The molecule has 3 heteroatoms. The summed E-state index contributed by atoms with van der Waals surface area (Å²) in [6, 6.07) is 0. The number of rotatable bonds is 1. The summed E-state index contributed by atoms with van der Waals surface area (Å²) < 4.78 is 0. The summed E-state index contributed by atoms with van der Waals surface area (Å²) in [6.45, 7) is 6.30. The van der Waals surface area contributed by atoms with E-state index in [2.05, 4.69) is 13.8 Å². The lowest BCUT2D eigenvalue weighted by Crippen LogP contribution is -2.58. The predicted octanol–water partition coefficient (Wildman–Crippen LogP) is 3.77. The highest BCUT2D eigenvalue weighted by Gasteiger charge is 2.63. The first-order chi connectivity index (χ1) is 11.3. The number of Topliss-reactive ketones (excluding diaryl/α,β-unsaturated/α-hetero) is 2. The van der Waals surface area contributed by atoms with Gasteiger partial charge in [0.1, 0.15) is 11.6 Å². The molecule has 4 aliphatic carbocycles. The first kappa shape index (κ1) is 16.8. The highest BCUT2D eigenvalue weighted by atomic mass is 16.3. The van der Waals surface area contributed by atoms with Crippen molar-refractivity contribution in [1.82, 2.24) is 0 Å². The molecule has 0 unspecified atom stereocenters. The molecule has 134 valence electrons. The third-order valence-electron chi connectivity index (χ3n) is 9.08. The van der Waals surface area contributed by atoms with Crippen molar-refractivity contribution in [2.75, 3.05) is 0 Å². The van der Waals surface area contributed by atoms with Gasteiger partial charge in [-0.3, -0.25) is 9.59 Å². The molecule has 4 fully saturated rings. The standard InChI is InChI=1S/C21H32O3/c1-12(22)16-6-7-17-15-5-4-13-10-14(23)8-9-20(13,2)18(15)11-19(24)21(16,17)3/h13,15-19,24H,4-11H2,1-3H3/t13-,15+,16-,17+,18+,19-,20-,21-/m0/s1. The quantitative estimate of drug-likeness (QED) is 0.795. The van der Waals surface area contributed by atoms with Gasteiger partial charge in [0.15, 0.2) is 0 Å². The Morgan fingerprint density at radius 3 is 2.58 bits per heavy atom. The lowest BCUT2D eigenvalue weighted by atomic mass is 9.44. The molecule has 0 aromatic rings. The molecule has 24 heavy (non-hydrogen) atoms. The lowest BCUT2D eigenvalue weighted by molar-refractivity contribution is -0.170. The molecule has 0 bridgehead atoms. The highest BCUT2D eigenvalue weighted by Crippen LogP contribution is 2.67. The second-order valence-corrected chi connectivity index (χ2v) is 9.76. The number of hydrogen-bond acceptors (Lipinski definition) is 3. The first-order valence-electron chi connectivity index (χ1n) is 9.98. The van der Waals surface area contributed by atoms with Gasteiger partial charge < -0.3 is 5.11 Å². The number of hydrogen-bond donors (Lipinski definition) is 1. The largest absolute Gasteiger partial charge is 0.393 e. The summed E-state index contributed by atoms with van der Waals surface area (Å²) in [7, 11) is 0. The number of carbonyl (C=O) groups excluding carboxylic acids is 2. The maximum Gasteiger partial charge on any atom is 0.133 e. The SMILES string of the molecule is CC(=O)[C@@H]1CC[C@@H]2[C@H]3CC[C@H]4CC(=O)CC[C@]4(C)[C@@H]3C[C@H](O)[C@]21C. The average Bonchev–Trinajstić information content (AvgIpc) is 2.88. The van der Waals surface area contributed by atoms with Gasteiger partial charge in [0, 0.05) is 24.2 Å². The molecule has 0 aromatic heterocycles. The molecule has 0 saturated heterocycles. The van der Waals surface area contributed by atoms with Gasteiger partial charge in [-0.1, -0.05) is 13.8 Å². The zero-order valence-corrected chi connectivity index (χ0v) is 15.4. The Morgan fingerprint density at radius 2 is 1.88 bits per heavy atom. The Morgan fingerprint density at radius 1 is 1.12 bits per heavy atom. The van der Waals surface area contributed by atoms with E-state index in [0.717, 1.165) is 44.9 Å². The van der Waals surface area contributed by atoms with E-state index in [4.69, 9.17) is 0 Å². The molecule has 4 saturated carbocycles. The third kappa shape index (κ3) is 2.06. The fourth-order valence-corrected chi connectivity index (χ4v) is 7.67. The van der Waals surface area contributed by atoms with E-state index >= 15 is 0 Å². The first-order valence-corrected chi connectivity index (χ1v) is 9.98. The predicted molar refractivity (Wildman–Crippen MR) is 92.3 cm³/mol. The van der Waals surface area contributed by atoms with E-state index in [0.29, 0.717) is 29.5 Å². The van der Waals surface area contributed by atoms with Crippen LogP contribution < -0.4 is 0 Å². The Labute approximate surface area is 145 Å². The molecule has 1 N–H and O–H groups in total. The molecule has 0 amide bonds. The van der Waals surface area contributed by atoms with Gasteiger partial charge in [-0.2, -0.15) is 0 Å². The van der Waals surface area contributed by atoms with Crippen molar-refractivity contribution in [3.8, 4) is 0 Å². The van der Waals surface area contributed by atoms with E-state index in [9.17, 15) is 14.7 Å². The van der Waals surface area contributed by atoms with Crippen LogP contribution >= 0.6 is 0 Å². The summed E-state index contributed by atoms with van der Waals surface area (Å²) in [6.07, 6.45) is 7.36. The molecular weight excluding hydrogens is 300 g/mol. The van der Waals surface area contributed by atoms with Crippen LogP contribution in [0.3, 0.4) is 0 Å². The monoisotopic (exact) mass is 332 g/mol. The van der Waals surface area contributed by atoms with Crippen LogP contribution in [0.4, 0.5) is 0 Å². The van der Waals surface area contributed by atoms with Crippen molar-refractivity contribution in [2.45, 2.75) is 78.2 Å². The van der Waals surface area contributed by atoms with Crippen molar-refractivity contribution >= 4 is 11.6 Å². The molecular formula is C21H32O3. The second-order valence-electron chi connectivity index (χ2n) is 9.76. The van der Waals surface area contributed by atoms with Crippen LogP contribution in [0.5, 0.6) is 0 Å². The van der Waals surface area contributed by atoms with E-state index in [1.165, 1.54) is 6.42 Å². The summed E-state index contributed by atoms with van der Waals surface area (Å²) >= 11 is 0. The molecule has 0 spiro atoms. The molecule has 0 heterocycles. The molecule has 0 aliphatic heterocycles. The fraction of sp³-hybridized carbons (Fsp3) is 0.905. The Hall–Kier alpha value is -0.700. The summed E-state index contributed by atoms with van der Waals surface area (Å²) in [5.41, 5.74) is -0.00582. The van der Waals surface area contributed by atoms with Gasteiger partial charge >= 0.3 is 0 Å². The topological polar surface area (TPSA) is 54.4 Å². The minimum absolute atomic E-state index is 0.0388. The number of aliphatic hydroxyl groups excluding tert-OH is 1. The van der Waals surface area contributed by atoms with Gasteiger partial charge in [0.2, 0.25) is 0 Å². The van der Waals surface area contributed by atoms with E-state index < -0.39 is 0 Å². The summed E-state index contributed by atoms with van der Waals surface area (Å²) in [4.78, 5) is 24.1. The van der Waals surface area contributed by atoms with Gasteiger partial charge in [-0.15, -0.1) is 0 Å². The minimum Gasteiger partial charge on any atom is -0.393 e. The van der Waals surface area contributed by atoms with Crippen LogP contribution in [0.15, 0.2) is 0 Å². The van der Waals surface area contributed by atoms with Crippen LogP contribution in [0.1, 0.15) is 72.1 Å². The van der Waals surface area contributed by atoms with Crippen LogP contribution in [0, 0.1) is 40.4 Å². The molecule has 4 aliphatic rings. The van der Waals surface area contributed by atoms with Gasteiger partial charge in [-0.05, 0) is 74.5 Å². The van der Waals surface area contributed by atoms with Crippen LogP contribution in [-0.4, -0.2) is 22.8 Å². The number of carbonyl (C=O) groups is 2. The highest BCUT2D eigenvalue weighted by molar-refractivity contribution is 5.80. The third-order valence-corrected chi connectivity index (χ3v) is 9.08. The van der Waals surface area contributed by atoms with Gasteiger partial charge in [0.05, 0.1) is 6.10 Å². The van der Waals surface area contributed by atoms with Crippen LogP contribution in [0.2, 0.25) is 0 Å². The second kappa shape index (κ2) is 5.40. The maximum absolute atomic E-state index is 12.2. The Kier molecular flexibility index (Phi) is 3.77. The smallest absolute Gasteiger partial charge is 0.133 e. The molecule has 3 nitrogen and oxygen atoms in total. The normalized spacial score (nSPS) is 53.9. The average molecular weight is 332 g/mol. The summed E-state index contributed by atoms with van der Waals surface area (Å²) in [5.74, 6) is 2.91. The van der Waals surface area contributed by atoms with Gasteiger partial charge in [0.25, 0.3) is 0 Å². The Bertz CT molecular complexity index is 569. The van der Waals surface area contributed by atoms with Gasteiger partial charge in [-0.25, -0.2) is 0 Å². The van der Waals surface area contributed by atoms with Crippen molar-refractivity contribution in [3.63, 3.8) is 0 Å².